The lowest BCUT2D eigenvalue weighted by atomic mass is 9.43. The summed E-state index contributed by atoms with van der Waals surface area (Å²) in [7, 11) is 0. The van der Waals surface area contributed by atoms with Gasteiger partial charge in [-0.3, -0.25) is 14.6 Å². The van der Waals surface area contributed by atoms with E-state index in [9.17, 15) is 24.9 Å². The van der Waals surface area contributed by atoms with Crippen molar-refractivity contribution in [2.75, 3.05) is 12.3 Å². The van der Waals surface area contributed by atoms with Crippen molar-refractivity contribution in [1.82, 2.24) is 19.5 Å². The molecule has 2 heterocycles. The topological polar surface area (TPSA) is 177 Å². The molecule has 0 aromatic carbocycles. The number of H-pyrrole nitrogens is 1. The molecule has 11 nitrogen and oxygen atoms in total. The maximum absolute atomic E-state index is 13.0. The first kappa shape index (κ1) is 32.8. The van der Waals surface area contributed by atoms with Gasteiger partial charge in [0.2, 0.25) is 5.95 Å². The largest absolute Gasteiger partial charge is 0.465 e. The fourth-order valence-corrected chi connectivity index (χ4v) is 11.7. The Bertz CT molecular complexity index is 1590. The number of aromatic nitrogens is 4. The molecule has 0 radical (unpaired) electrons. The Labute approximate surface area is 276 Å². The van der Waals surface area contributed by atoms with Gasteiger partial charge in [-0.1, -0.05) is 27.4 Å². The summed E-state index contributed by atoms with van der Waals surface area (Å²) in [6.07, 6.45) is 9.90. The molecule has 11 heteroatoms. The predicted molar refractivity (Wildman–Crippen MR) is 177 cm³/mol. The molecule has 47 heavy (non-hydrogen) atoms. The fourth-order valence-electron chi connectivity index (χ4n) is 11.7. The number of ether oxygens (including phenoxy) is 1. The molecule has 5 saturated carbocycles. The monoisotopic (exact) mass is 651 g/mol. The third-order valence-electron chi connectivity index (χ3n) is 14.4. The molecule has 0 aliphatic heterocycles. The minimum atomic E-state index is -0.765. The van der Waals surface area contributed by atoms with Crippen molar-refractivity contribution in [3.8, 4) is 0 Å². The number of nitrogens with two attached hydrogens (primary N) is 1. The smallest absolute Gasteiger partial charge is 0.305 e. The van der Waals surface area contributed by atoms with E-state index in [0.29, 0.717) is 60.1 Å². The second kappa shape index (κ2) is 12.0. The van der Waals surface area contributed by atoms with Gasteiger partial charge in [0.15, 0.2) is 11.2 Å². The Morgan fingerprint density at radius 3 is 2.72 bits per heavy atom. The minimum Gasteiger partial charge on any atom is -0.465 e. The highest BCUT2D eigenvalue weighted by molar-refractivity contribution is 5.71. The SMILES string of the molecule is C=C1[C@H](COC(=O)CC[C@@H](C)[C@H]2CCC3C4CC[C@@H]5C[C@H](O)CC[C@]5(C)C4C[C@H](O)[C@@]32C)[C@@H](O)C[C@@H]1n1cnc2c(=O)[nH]c(N)nc21. The zero-order chi connectivity index (χ0) is 33.4. The van der Waals surface area contributed by atoms with E-state index >= 15 is 0 Å². The molecular formula is C36H53N5O6. The van der Waals surface area contributed by atoms with Crippen molar-refractivity contribution in [2.24, 2.45) is 52.3 Å². The number of rotatable bonds is 7. The lowest BCUT2D eigenvalue weighted by Gasteiger charge is -2.62. The van der Waals surface area contributed by atoms with Crippen LogP contribution in [0.1, 0.15) is 97.4 Å². The quantitative estimate of drug-likeness (QED) is 0.218. The second-order valence-electron chi connectivity index (χ2n) is 16.4. The molecule has 6 N–H and O–H groups in total. The Balaban J connectivity index is 0.948. The summed E-state index contributed by atoms with van der Waals surface area (Å²) in [5.41, 5.74) is 6.58. The molecule has 5 aliphatic carbocycles. The number of carbonyl (C=O) groups excluding carboxylic acids is 1. The molecular weight excluding hydrogens is 598 g/mol. The third kappa shape index (κ3) is 5.26. The van der Waals surface area contributed by atoms with Crippen LogP contribution in [0.25, 0.3) is 11.2 Å². The molecule has 0 bridgehead atoms. The first-order chi connectivity index (χ1) is 22.3. The molecule has 2 aromatic rings. The van der Waals surface area contributed by atoms with Crippen LogP contribution in [0.2, 0.25) is 0 Å². The van der Waals surface area contributed by atoms with Crippen molar-refractivity contribution in [3.05, 3.63) is 28.8 Å². The highest BCUT2D eigenvalue weighted by Gasteiger charge is 2.63. The van der Waals surface area contributed by atoms with Crippen molar-refractivity contribution in [1.29, 1.82) is 0 Å². The van der Waals surface area contributed by atoms with E-state index in [1.165, 1.54) is 19.2 Å². The van der Waals surface area contributed by atoms with Crippen molar-refractivity contribution in [3.63, 3.8) is 0 Å². The Kier molecular flexibility index (Phi) is 8.35. The number of aromatic amines is 1. The summed E-state index contributed by atoms with van der Waals surface area (Å²) in [5.74, 6) is 2.10. The van der Waals surface area contributed by atoms with Gasteiger partial charge in [0.25, 0.3) is 5.56 Å². The fraction of sp³-hybridized carbons (Fsp3) is 0.778. The van der Waals surface area contributed by atoms with Gasteiger partial charge in [-0.15, -0.1) is 0 Å². The first-order valence-electron chi connectivity index (χ1n) is 17.9. The summed E-state index contributed by atoms with van der Waals surface area (Å²) >= 11 is 0. The van der Waals surface area contributed by atoms with E-state index in [2.05, 4.69) is 42.3 Å². The molecule has 13 atom stereocenters. The van der Waals surface area contributed by atoms with Crippen LogP contribution >= 0.6 is 0 Å². The van der Waals surface area contributed by atoms with Crippen LogP contribution in [0.3, 0.4) is 0 Å². The van der Waals surface area contributed by atoms with Gasteiger partial charge in [0.05, 0.1) is 30.7 Å². The summed E-state index contributed by atoms with van der Waals surface area (Å²) in [6.45, 7) is 11.3. The van der Waals surface area contributed by atoms with E-state index < -0.39 is 17.6 Å². The summed E-state index contributed by atoms with van der Waals surface area (Å²) in [6, 6.07) is -0.354. The molecule has 0 amide bonds. The van der Waals surface area contributed by atoms with Gasteiger partial charge in [0.1, 0.15) is 6.61 Å². The number of esters is 1. The highest BCUT2D eigenvalue weighted by Crippen LogP contribution is 2.68. The molecule has 5 fully saturated rings. The number of fused-ring (bicyclic) bond motifs is 6. The maximum Gasteiger partial charge on any atom is 0.305 e. The zero-order valence-corrected chi connectivity index (χ0v) is 28.1. The van der Waals surface area contributed by atoms with Gasteiger partial charge in [-0.2, -0.15) is 4.98 Å². The van der Waals surface area contributed by atoms with Crippen LogP contribution < -0.4 is 11.3 Å². The minimum absolute atomic E-state index is 0.0140. The van der Waals surface area contributed by atoms with E-state index in [1.54, 1.807) is 4.57 Å². The molecule has 3 unspecified atom stereocenters. The van der Waals surface area contributed by atoms with Crippen LogP contribution in [0.15, 0.2) is 23.3 Å². The summed E-state index contributed by atoms with van der Waals surface area (Å²) in [5, 5.41) is 33.1. The number of nitrogens with one attached hydrogen (secondary N) is 1. The van der Waals surface area contributed by atoms with Crippen LogP contribution in [-0.2, 0) is 9.53 Å². The first-order valence-corrected chi connectivity index (χ1v) is 17.9. The van der Waals surface area contributed by atoms with Crippen LogP contribution in [0, 0.1) is 52.3 Å². The predicted octanol–water partition coefficient (Wildman–Crippen LogP) is 4.13. The second-order valence-corrected chi connectivity index (χ2v) is 16.4. The Morgan fingerprint density at radius 1 is 1.15 bits per heavy atom. The van der Waals surface area contributed by atoms with Crippen LogP contribution in [0.4, 0.5) is 5.95 Å². The normalized spacial score (nSPS) is 42.1. The number of hydrogen-bond donors (Lipinski definition) is 5. The van der Waals surface area contributed by atoms with Gasteiger partial charge in [-0.25, -0.2) is 4.98 Å². The number of hydrogen-bond acceptors (Lipinski definition) is 9. The zero-order valence-electron chi connectivity index (χ0n) is 28.1. The average Bonchev–Trinajstić information content (AvgIpc) is 3.69. The third-order valence-corrected chi connectivity index (χ3v) is 14.4. The number of anilines is 1. The number of carbonyl (C=O) groups is 1. The lowest BCUT2D eigenvalue weighted by Crippen LogP contribution is -2.58. The number of aliphatic hydroxyl groups is 3. The lowest BCUT2D eigenvalue weighted by molar-refractivity contribution is -0.175. The van der Waals surface area contributed by atoms with Crippen molar-refractivity contribution < 1.29 is 24.9 Å². The maximum atomic E-state index is 13.0. The molecule has 7 rings (SSSR count). The standard InChI is InChI=1S/C36H53N5O6/c1-18(24-8-9-25-22-7-6-20-13-21(42)11-12-35(20,3)26(22)14-29(44)36(24,25)4)5-10-30(45)47-16-23-19(2)27(15-28(23)43)41-17-38-31-32(41)39-34(37)40-33(31)46/h17-18,20-29,42-44H,2,5-16H2,1,3-4H3,(H3,37,39,40,46)/t18-,20-,21-,22?,23+,24-,25?,26?,27+,28+,29+,35+,36-/m1/s1. The highest BCUT2D eigenvalue weighted by atomic mass is 16.5. The van der Waals surface area contributed by atoms with E-state index in [0.717, 1.165) is 38.5 Å². The van der Waals surface area contributed by atoms with Gasteiger partial charge >= 0.3 is 5.97 Å². The number of imidazole rings is 1. The van der Waals surface area contributed by atoms with Gasteiger partial charge in [0, 0.05) is 12.3 Å². The van der Waals surface area contributed by atoms with E-state index in [1.807, 2.05) is 0 Å². The number of nitrogens with zero attached hydrogens (tertiary/aromatic N) is 3. The van der Waals surface area contributed by atoms with Gasteiger partial charge < -0.3 is 30.4 Å². The summed E-state index contributed by atoms with van der Waals surface area (Å²) in [4.78, 5) is 36.1. The summed E-state index contributed by atoms with van der Waals surface area (Å²) < 4.78 is 7.43. The van der Waals surface area contributed by atoms with E-state index in [4.69, 9.17) is 10.5 Å². The molecule has 2 aromatic heterocycles. The molecule has 258 valence electrons. The Morgan fingerprint density at radius 2 is 1.94 bits per heavy atom. The molecule has 0 saturated heterocycles. The van der Waals surface area contributed by atoms with E-state index in [-0.39, 0.29) is 59.0 Å². The van der Waals surface area contributed by atoms with Gasteiger partial charge in [-0.05, 0) is 116 Å². The van der Waals surface area contributed by atoms with Crippen molar-refractivity contribution >= 4 is 23.1 Å². The van der Waals surface area contributed by atoms with Crippen LogP contribution in [-0.4, -0.2) is 65.7 Å². The number of nitrogen functional groups attached to an aromatic ring is 1. The van der Waals surface area contributed by atoms with Crippen molar-refractivity contribution in [2.45, 2.75) is 116 Å². The molecule has 5 aliphatic rings. The molecule has 0 spiro atoms. The average molecular weight is 652 g/mol. The Hall–Kier alpha value is -2.76. The number of aliphatic hydroxyl groups excluding tert-OH is 3. The van der Waals surface area contributed by atoms with Crippen LogP contribution in [0.5, 0.6) is 0 Å².